The lowest BCUT2D eigenvalue weighted by Gasteiger charge is -2.33. The van der Waals surface area contributed by atoms with Gasteiger partial charge in [0.2, 0.25) is 0 Å². The molecule has 3 aliphatic rings. The van der Waals surface area contributed by atoms with Crippen molar-refractivity contribution in [1.29, 1.82) is 5.26 Å². The van der Waals surface area contributed by atoms with Crippen LogP contribution in [0.2, 0.25) is 0 Å². The Balaban J connectivity index is 1.12. The summed E-state index contributed by atoms with van der Waals surface area (Å²) in [5, 5.41) is 26.2. The molecule has 1 saturated heterocycles. The van der Waals surface area contributed by atoms with E-state index in [-0.39, 0.29) is 42.1 Å². The van der Waals surface area contributed by atoms with Crippen LogP contribution < -0.4 is 20.3 Å². The summed E-state index contributed by atoms with van der Waals surface area (Å²) in [4.78, 5) is 34.7. The maximum absolute atomic E-state index is 12.8. The molecule has 192 valence electrons. The minimum atomic E-state index is -0.464. The molecule has 0 spiro atoms. The molecular formula is C27H24N6O5. The first-order valence-electron chi connectivity index (χ1n) is 12.4. The maximum Gasteiger partial charge on any atom is 0.416 e. The molecule has 0 bridgehead atoms. The molecule has 2 fully saturated rings. The molecule has 2 aliphatic heterocycles. The summed E-state index contributed by atoms with van der Waals surface area (Å²) in [5.74, 6) is 0.992. The zero-order valence-corrected chi connectivity index (χ0v) is 20.3. The number of fused-ring (bicyclic) bond motifs is 2. The van der Waals surface area contributed by atoms with E-state index < -0.39 is 6.09 Å². The van der Waals surface area contributed by atoms with Gasteiger partial charge in [-0.05, 0) is 43.2 Å². The van der Waals surface area contributed by atoms with E-state index in [4.69, 9.17) is 14.7 Å². The number of para-hydroxylation sites is 1. The first kappa shape index (κ1) is 23.7. The fourth-order valence-electron chi connectivity index (χ4n) is 5.24. The van der Waals surface area contributed by atoms with E-state index in [1.807, 2.05) is 18.2 Å². The number of nitrogens with one attached hydrogen (secondary N) is 2. The molecule has 11 nitrogen and oxygen atoms in total. The van der Waals surface area contributed by atoms with Gasteiger partial charge in [0.15, 0.2) is 18.2 Å². The normalized spacial score (nSPS) is 22.0. The smallest absolute Gasteiger partial charge is 0.416 e. The van der Waals surface area contributed by atoms with Gasteiger partial charge in [0.25, 0.3) is 5.91 Å². The lowest BCUT2D eigenvalue weighted by atomic mass is 9.88. The van der Waals surface area contributed by atoms with E-state index in [9.17, 15) is 14.7 Å². The zero-order chi connectivity index (χ0) is 26.2. The fraction of sp³-hybridized carbons (Fsp3) is 0.296. The van der Waals surface area contributed by atoms with Gasteiger partial charge in [0, 0.05) is 30.1 Å². The molecule has 38 heavy (non-hydrogen) atoms. The second-order valence-electron chi connectivity index (χ2n) is 9.44. The van der Waals surface area contributed by atoms with Gasteiger partial charge in [-0.25, -0.2) is 14.8 Å². The largest absolute Gasteiger partial charge is 0.507 e. The number of anilines is 2. The predicted molar refractivity (Wildman–Crippen MR) is 135 cm³/mol. The molecule has 2 aromatic heterocycles. The molecule has 3 N–H and O–H groups in total. The van der Waals surface area contributed by atoms with Crippen molar-refractivity contribution < 1.29 is 24.2 Å². The van der Waals surface area contributed by atoms with Crippen LogP contribution in [0.4, 0.5) is 16.4 Å². The molecule has 1 aromatic carbocycles. The number of nitrogens with zero attached hydrogens (tertiary/aromatic N) is 4. The van der Waals surface area contributed by atoms with Crippen molar-refractivity contribution in [3.8, 4) is 28.8 Å². The summed E-state index contributed by atoms with van der Waals surface area (Å²) < 4.78 is 11.1. The molecular weight excluding hydrogens is 488 g/mol. The van der Waals surface area contributed by atoms with E-state index in [1.165, 1.54) is 0 Å². The number of aromatic nitrogens is 2. The minimum absolute atomic E-state index is 0.0633. The van der Waals surface area contributed by atoms with Crippen molar-refractivity contribution in [1.82, 2.24) is 15.3 Å². The Bertz CT molecular complexity index is 1470. The summed E-state index contributed by atoms with van der Waals surface area (Å²) in [6, 6.07) is 15.9. The lowest BCUT2D eigenvalue weighted by Crippen LogP contribution is -2.46. The number of rotatable bonds is 5. The second kappa shape index (κ2) is 9.64. The van der Waals surface area contributed by atoms with E-state index in [2.05, 4.69) is 20.6 Å². The van der Waals surface area contributed by atoms with E-state index in [0.29, 0.717) is 53.6 Å². The summed E-state index contributed by atoms with van der Waals surface area (Å²) in [7, 11) is 0. The number of amides is 2. The van der Waals surface area contributed by atoms with Gasteiger partial charge in [0.05, 0.1) is 11.7 Å². The summed E-state index contributed by atoms with van der Waals surface area (Å²) in [6.07, 6.45) is 1.34. The van der Waals surface area contributed by atoms with Gasteiger partial charge in [-0.3, -0.25) is 9.69 Å². The third-order valence-electron chi connectivity index (χ3n) is 7.08. The topological polar surface area (TPSA) is 150 Å². The van der Waals surface area contributed by atoms with Crippen molar-refractivity contribution in [2.24, 2.45) is 0 Å². The lowest BCUT2D eigenvalue weighted by molar-refractivity contribution is -0.118. The van der Waals surface area contributed by atoms with Gasteiger partial charge in [-0.2, -0.15) is 5.26 Å². The number of carbonyl (C=O) groups is 2. The zero-order valence-electron chi connectivity index (χ0n) is 20.3. The summed E-state index contributed by atoms with van der Waals surface area (Å²) in [6.45, 7) is 0.357. The summed E-state index contributed by atoms with van der Waals surface area (Å²) in [5.41, 5.74) is 2.08. The van der Waals surface area contributed by atoms with Gasteiger partial charge in [-0.1, -0.05) is 18.2 Å². The van der Waals surface area contributed by atoms with Crippen LogP contribution in [-0.4, -0.2) is 51.9 Å². The highest BCUT2D eigenvalue weighted by molar-refractivity contribution is 5.95. The third kappa shape index (κ3) is 4.35. The van der Waals surface area contributed by atoms with Crippen molar-refractivity contribution in [2.75, 3.05) is 16.8 Å². The number of carbonyl (C=O) groups excluding carboxylic acids is 2. The molecule has 11 heteroatoms. The number of phenolic OH excluding ortho intramolecular Hbond substituents is 1. The Labute approximate surface area is 218 Å². The minimum Gasteiger partial charge on any atom is -0.507 e. The molecule has 2 amide bonds. The quantitative estimate of drug-likeness (QED) is 0.469. The fourth-order valence-corrected chi connectivity index (χ4v) is 5.24. The van der Waals surface area contributed by atoms with Gasteiger partial charge in [-0.15, -0.1) is 0 Å². The Morgan fingerprint density at radius 1 is 1.13 bits per heavy atom. The molecule has 3 aromatic rings. The molecule has 0 unspecified atom stereocenters. The van der Waals surface area contributed by atoms with Crippen molar-refractivity contribution in [3.05, 3.63) is 59.8 Å². The standard InChI is InChI=1S/C27H24N6O5/c28-12-17-4-2-6-19(30-17)18-5-1-3-15(25(18)35)13-29-16-7-8-20-22(11-16)38-27(36)33(20)23-10-9-21-26(31-23)32-24(34)14-37-21/h1-6,9-10,16,20,22,29,35H,7-8,11,13-14H2,(H,31,32,34)/t16-,20-,22+/m0/s1. The van der Waals surface area contributed by atoms with Gasteiger partial charge >= 0.3 is 6.09 Å². The predicted octanol–water partition coefficient (Wildman–Crippen LogP) is 3.09. The molecule has 4 heterocycles. The maximum atomic E-state index is 12.8. The van der Waals surface area contributed by atoms with Crippen LogP contribution in [-0.2, 0) is 16.1 Å². The van der Waals surface area contributed by atoms with Gasteiger partial charge in [0.1, 0.15) is 29.4 Å². The Kier molecular flexibility index (Phi) is 6.01. The van der Waals surface area contributed by atoms with Crippen LogP contribution in [0.25, 0.3) is 11.3 Å². The third-order valence-corrected chi connectivity index (χ3v) is 7.08. The second-order valence-corrected chi connectivity index (χ2v) is 9.44. The average molecular weight is 513 g/mol. The first-order valence-corrected chi connectivity index (χ1v) is 12.4. The Morgan fingerprint density at radius 3 is 2.87 bits per heavy atom. The highest BCUT2D eigenvalue weighted by Gasteiger charge is 2.46. The molecule has 0 radical (unpaired) electrons. The number of hydrogen-bond donors (Lipinski definition) is 3. The number of ether oxygens (including phenoxy) is 2. The average Bonchev–Trinajstić information content (AvgIpc) is 3.26. The first-order chi connectivity index (χ1) is 18.5. The van der Waals surface area contributed by atoms with E-state index in [0.717, 1.165) is 6.42 Å². The van der Waals surface area contributed by atoms with Crippen LogP contribution in [0.5, 0.6) is 11.5 Å². The van der Waals surface area contributed by atoms with Gasteiger partial charge < -0.3 is 25.2 Å². The SMILES string of the molecule is N#Cc1cccc(-c2cccc(CN[C@H]3CC[C@H]4[C@@H](C3)OC(=O)N4c3ccc4c(n3)NC(=O)CO4)c2O)n1. The van der Waals surface area contributed by atoms with Crippen LogP contribution >= 0.6 is 0 Å². The number of aromatic hydroxyl groups is 1. The van der Waals surface area contributed by atoms with Crippen LogP contribution in [0.1, 0.15) is 30.5 Å². The molecule has 3 atom stereocenters. The highest BCUT2D eigenvalue weighted by Crippen LogP contribution is 2.37. The van der Waals surface area contributed by atoms with E-state index >= 15 is 0 Å². The highest BCUT2D eigenvalue weighted by atomic mass is 16.6. The van der Waals surface area contributed by atoms with Crippen molar-refractivity contribution >= 4 is 23.6 Å². The molecule has 1 saturated carbocycles. The van der Waals surface area contributed by atoms with Crippen LogP contribution in [0.3, 0.4) is 0 Å². The number of hydrogen-bond acceptors (Lipinski definition) is 9. The number of phenols is 1. The van der Waals surface area contributed by atoms with E-state index in [1.54, 1.807) is 41.3 Å². The Morgan fingerprint density at radius 2 is 2.00 bits per heavy atom. The molecule has 6 rings (SSSR count). The van der Waals surface area contributed by atoms with Crippen molar-refractivity contribution in [3.63, 3.8) is 0 Å². The summed E-state index contributed by atoms with van der Waals surface area (Å²) >= 11 is 0. The monoisotopic (exact) mass is 512 g/mol. The van der Waals surface area contributed by atoms with Crippen LogP contribution in [0, 0.1) is 11.3 Å². The Hall–Kier alpha value is -4.69. The number of nitriles is 1. The van der Waals surface area contributed by atoms with Crippen LogP contribution in [0.15, 0.2) is 48.5 Å². The van der Waals surface area contributed by atoms with Crippen molar-refractivity contribution in [2.45, 2.75) is 44.0 Å². The molecule has 1 aliphatic carbocycles. The number of pyridine rings is 2. The number of benzene rings is 1.